The Kier molecular flexibility index (Phi) is 8.23. The maximum atomic E-state index is 9.92. The molecule has 6 unspecified atom stereocenters. The minimum Gasteiger partial charge on any atom is -0.391 e. The van der Waals surface area contributed by atoms with E-state index < -0.39 is 6.29 Å². The third-order valence-corrected chi connectivity index (χ3v) is 6.72. The Hall–Kier alpha value is -0.120. The van der Waals surface area contributed by atoms with E-state index in [2.05, 4.69) is 41.5 Å². The molecule has 2 saturated carbocycles. The molecule has 6 atom stereocenters. The second-order valence-corrected chi connectivity index (χ2v) is 9.61. The van der Waals surface area contributed by atoms with E-state index in [1.165, 1.54) is 25.7 Å². The summed E-state index contributed by atoms with van der Waals surface area (Å²) in [7, 11) is 0. The van der Waals surface area contributed by atoms with Crippen LogP contribution in [0, 0.1) is 35.5 Å². The lowest BCUT2D eigenvalue weighted by molar-refractivity contribution is -0.243. The highest BCUT2D eigenvalue weighted by atomic mass is 16.7. The van der Waals surface area contributed by atoms with Gasteiger partial charge in [0.05, 0.1) is 18.8 Å². The molecule has 0 heterocycles. The van der Waals surface area contributed by atoms with Crippen LogP contribution in [0.1, 0.15) is 80.1 Å². The maximum absolute atomic E-state index is 9.92. The average Bonchev–Trinajstić information content (AvgIpc) is 2.53. The molecule has 0 spiro atoms. The molecule has 1 N–H and O–H groups in total. The van der Waals surface area contributed by atoms with Gasteiger partial charge < -0.3 is 14.6 Å². The van der Waals surface area contributed by atoms with Gasteiger partial charge in [-0.15, -0.1) is 0 Å². The van der Waals surface area contributed by atoms with Gasteiger partial charge in [0.15, 0.2) is 6.29 Å². The summed E-state index contributed by atoms with van der Waals surface area (Å²) >= 11 is 0. The molecule has 2 aliphatic carbocycles. The zero-order valence-electron chi connectivity index (χ0n) is 17.4. The molecule has 0 aliphatic heterocycles. The van der Waals surface area contributed by atoms with Crippen molar-refractivity contribution in [2.75, 3.05) is 6.61 Å². The predicted octanol–water partition coefficient (Wildman–Crippen LogP) is 5.26. The highest BCUT2D eigenvalue weighted by Crippen LogP contribution is 2.38. The quantitative estimate of drug-likeness (QED) is 0.634. The average molecular weight is 355 g/mol. The van der Waals surface area contributed by atoms with Gasteiger partial charge in [-0.3, -0.25) is 0 Å². The van der Waals surface area contributed by atoms with Crippen molar-refractivity contribution >= 4 is 0 Å². The van der Waals surface area contributed by atoms with Crippen LogP contribution in [0.3, 0.4) is 0 Å². The molecule has 0 saturated heterocycles. The highest BCUT2D eigenvalue weighted by molar-refractivity contribution is 4.84. The van der Waals surface area contributed by atoms with Crippen molar-refractivity contribution in [3.8, 4) is 0 Å². The summed E-state index contributed by atoms with van der Waals surface area (Å²) in [6, 6.07) is 0. The lowest BCUT2D eigenvalue weighted by atomic mass is 9.75. The van der Waals surface area contributed by atoms with Crippen molar-refractivity contribution in [2.24, 2.45) is 35.5 Å². The van der Waals surface area contributed by atoms with E-state index in [0.717, 1.165) is 12.8 Å². The predicted molar refractivity (Wildman–Crippen MR) is 103 cm³/mol. The van der Waals surface area contributed by atoms with Crippen molar-refractivity contribution < 1.29 is 14.6 Å². The van der Waals surface area contributed by atoms with Crippen LogP contribution < -0.4 is 0 Å². The molecule has 3 heteroatoms. The number of rotatable bonds is 7. The molecule has 0 aromatic rings. The van der Waals surface area contributed by atoms with Gasteiger partial charge in [0.25, 0.3) is 0 Å². The third-order valence-electron chi connectivity index (χ3n) is 6.72. The lowest BCUT2D eigenvalue weighted by Gasteiger charge is -2.42. The number of hydrogen-bond donors (Lipinski definition) is 1. The molecule has 0 aromatic carbocycles. The molecule has 2 aliphatic rings. The second kappa shape index (κ2) is 9.71. The third kappa shape index (κ3) is 5.94. The number of ether oxygens (including phenoxy) is 2. The lowest BCUT2D eigenvalue weighted by Crippen LogP contribution is -2.43. The molecule has 0 aromatic heterocycles. The molecule has 0 bridgehead atoms. The van der Waals surface area contributed by atoms with Crippen LogP contribution in [0.25, 0.3) is 0 Å². The molecule has 3 nitrogen and oxygen atoms in total. The Balaban J connectivity index is 1.99. The van der Waals surface area contributed by atoms with Crippen LogP contribution in [0.5, 0.6) is 0 Å². The molecule has 2 rings (SSSR count). The van der Waals surface area contributed by atoms with E-state index in [-0.39, 0.29) is 18.8 Å². The van der Waals surface area contributed by atoms with Crippen molar-refractivity contribution in [2.45, 2.75) is 98.6 Å². The molecular weight excluding hydrogens is 312 g/mol. The van der Waals surface area contributed by atoms with E-state index in [1.54, 1.807) is 0 Å². The number of aliphatic hydroxyl groups excluding tert-OH is 1. The summed E-state index contributed by atoms with van der Waals surface area (Å²) in [4.78, 5) is 0. The van der Waals surface area contributed by atoms with Gasteiger partial charge >= 0.3 is 0 Å². The zero-order chi connectivity index (χ0) is 18.6. The first-order valence-corrected chi connectivity index (χ1v) is 10.7. The van der Waals surface area contributed by atoms with E-state index in [9.17, 15) is 5.11 Å². The van der Waals surface area contributed by atoms with E-state index in [1.807, 2.05) is 0 Å². The smallest absolute Gasteiger partial charge is 0.181 e. The molecule has 25 heavy (non-hydrogen) atoms. The Bertz CT molecular complexity index is 347. The largest absolute Gasteiger partial charge is 0.391 e. The van der Waals surface area contributed by atoms with Crippen LogP contribution in [0.15, 0.2) is 0 Å². The summed E-state index contributed by atoms with van der Waals surface area (Å²) in [5.74, 6) is 3.82. The summed E-state index contributed by atoms with van der Waals surface area (Å²) in [6.07, 6.45) is 7.22. The Morgan fingerprint density at radius 3 is 1.48 bits per heavy atom. The van der Waals surface area contributed by atoms with E-state index >= 15 is 0 Å². The molecule has 2 fully saturated rings. The van der Waals surface area contributed by atoms with Crippen molar-refractivity contribution in [3.63, 3.8) is 0 Å². The first kappa shape index (κ1) is 21.2. The van der Waals surface area contributed by atoms with Crippen LogP contribution in [0.4, 0.5) is 0 Å². The normalized spacial score (nSPS) is 38.3. The summed E-state index contributed by atoms with van der Waals surface area (Å²) in [6.45, 7) is 13.8. The fourth-order valence-corrected chi connectivity index (χ4v) is 5.05. The van der Waals surface area contributed by atoms with Gasteiger partial charge in [0.2, 0.25) is 0 Å². The Labute approximate surface area is 155 Å². The van der Waals surface area contributed by atoms with Crippen molar-refractivity contribution in [1.29, 1.82) is 0 Å². The van der Waals surface area contributed by atoms with Crippen molar-refractivity contribution in [3.05, 3.63) is 0 Å². The van der Waals surface area contributed by atoms with Crippen molar-refractivity contribution in [1.82, 2.24) is 0 Å². The van der Waals surface area contributed by atoms with Gasteiger partial charge in [-0.25, -0.2) is 0 Å². The number of hydrogen-bond acceptors (Lipinski definition) is 3. The van der Waals surface area contributed by atoms with Crippen LogP contribution >= 0.6 is 0 Å². The molecule has 0 radical (unpaired) electrons. The van der Waals surface area contributed by atoms with Gasteiger partial charge in [-0.1, -0.05) is 54.4 Å². The monoisotopic (exact) mass is 354 g/mol. The molecular formula is C22H42O3. The highest BCUT2D eigenvalue weighted by Gasteiger charge is 2.36. The van der Waals surface area contributed by atoms with Gasteiger partial charge in [-0.2, -0.15) is 0 Å². The van der Waals surface area contributed by atoms with Crippen LogP contribution in [0.2, 0.25) is 0 Å². The SMILES string of the molecule is CC1CCC(C(C)C)C(OC(CO)OC2CC(C)CCC2C(C)C)C1. The van der Waals surface area contributed by atoms with Gasteiger partial charge in [0.1, 0.15) is 0 Å². The topological polar surface area (TPSA) is 38.7 Å². The summed E-state index contributed by atoms with van der Waals surface area (Å²) in [5.41, 5.74) is 0. The maximum Gasteiger partial charge on any atom is 0.181 e. The first-order chi connectivity index (χ1) is 11.8. The van der Waals surface area contributed by atoms with Crippen LogP contribution in [-0.2, 0) is 9.47 Å². The summed E-state index contributed by atoms with van der Waals surface area (Å²) in [5, 5.41) is 9.92. The summed E-state index contributed by atoms with van der Waals surface area (Å²) < 4.78 is 12.8. The van der Waals surface area contributed by atoms with E-state index in [4.69, 9.17) is 9.47 Å². The first-order valence-electron chi connectivity index (χ1n) is 10.7. The van der Waals surface area contributed by atoms with Gasteiger partial charge in [0, 0.05) is 0 Å². The second-order valence-electron chi connectivity index (χ2n) is 9.61. The minimum absolute atomic E-state index is 0.0363. The Morgan fingerprint density at radius 2 is 1.16 bits per heavy atom. The molecule has 0 amide bonds. The minimum atomic E-state index is -0.465. The van der Waals surface area contributed by atoms with Crippen LogP contribution in [-0.4, -0.2) is 30.2 Å². The fraction of sp³-hybridized carbons (Fsp3) is 1.00. The van der Waals surface area contributed by atoms with E-state index in [0.29, 0.717) is 35.5 Å². The van der Waals surface area contributed by atoms with Gasteiger partial charge in [-0.05, 0) is 61.2 Å². The zero-order valence-corrected chi connectivity index (χ0v) is 17.4. The Morgan fingerprint density at radius 1 is 0.760 bits per heavy atom. The fourth-order valence-electron chi connectivity index (χ4n) is 5.05. The number of aliphatic hydroxyl groups is 1. The molecule has 148 valence electrons. The standard InChI is InChI=1S/C22H42O3/c1-14(2)18-9-7-16(5)11-20(18)24-22(13-23)25-21-12-17(6)8-10-19(21)15(3)4/h14-23H,7-13H2,1-6H3.